The molecule has 23 heavy (non-hydrogen) atoms. The summed E-state index contributed by atoms with van der Waals surface area (Å²) in [5, 5.41) is 3.25. The molecule has 2 aromatic rings. The van der Waals surface area contributed by atoms with Gasteiger partial charge in [-0.3, -0.25) is 4.79 Å². The van der Waals surface area contributed by atoms with E-state index in [1.54, 1.807) is 11.8 Å². The van der Waals surface area contributed by atoms with Crippen molar-refractivity contribution in [3.8, 4) is 0 Å². The van der Waals surface area contributed by atoms with Crippen LogP contribution in [0.25, 0.3) is 0 Å². The van der Waals surface area contributed by atoms with Crippen LogP contribution in [-0.2, 0) is 0 Å². The Hall–Kier alpha value is -1.78. The molecule has 0 saturated carbocycles. The van der Waals surface area contributed by atoms with Crippen LogP contribution in [-0.4, -0.2) is 43.2 Å². The highest BCUT2D eigenvalue weighted by Crippen LogP contribution is 2.27. The fraction of sp³-hybridized carbons (Fsp3) is 0.316. The molecule has 1 amide bonds. The molecule has 2 aromatic carbocycles. The van der Waals surface area contributed by atoms with E-state index in [1.807, 2.05) is 36.6 Å². The molecule has 4 heteroatoms. The molecule has 1 aliphatic rings. The van der Waals surface area contributed by atoms with E-state index >= 15 is 0 Å². The lowest BCUT2D eigenvalue weighted by atomic mass is 9.94. The average Bonchev–Trinajstić information content (AvgIpc) is 2.96. The molecular formula is C19H22N2OS. The maximum absolute atomic E-state index is 12.7. The van der Waals surface area contributed by atoms with Crippen LogP contribution in [0.5, 0.6) is 0 Å². The second-order valence-electron chi connectivity index (χ2n) is 6.02. The molecule has 3 rings (SSSR count). The van der Waals surface area contributed by atoms with Crippen molar-refractivity contribution in [2.45, 2.75) is 16.9 Å². The minimum atomic E-state index is 0.0242. The first-order valence-electron chi connectivity index (χ1n) is 7.86. The lowest BCUT2D eigenvalue weighted by Crippen LogP contribution is -2.39. The fourth-order valence-electron chi connectivity index (χ4n) is 3.26. The molecule has 0 aromatic heterocycles. The smallest absolute Gasteiger partial charge is 0.252 e. The second-order valence-corrected chi connectivity index (χ2v) is 6.87. The monoisotopic (exact) mass is 326 g/mol. The van der Waals surface area contributed by atoms with Crippen molar-refractivity contribution in [1.29, 1.82) is 0 Å². The number of nitrogens with one attached hydrogen (secondary N) is 1. The Morgan fingerprint density at radius 1 is 1.09 bits per heavy atom. The van der Waals surface area contributed by atoms with Gasteiger partial charge in [-0.05, 0) is 31.0 Å². The molecule has 2 atom stereocenters. The number of hydrogen-bond acceptors (Lipinski definition) is 3. The Morgan fingerprint density at radius 3 is 2.52 bits per heavy atom. The van der Waals surface area contributed by atoms with Crippen LogP contribution in [0.1, 0.15) is 21.8 Å². The standard InChI is InChI=1S/C19H22N2OS/c1-21-12-16(14-8-4-3-5-9-14)17(13-21)20-19(22)15-10-6-7-11-18(15)23-2/h3-11,16-17H,12-13H2,1-2H3,(H,20,22)/t16-,17+/m0/s1. The molecule has 0 spiro atoms. The minimum Gasteiger partial charge on any atom is -0.347 e. The molecule has 0 radical (unpaired) electrons. The summed E-state index contributed by atoms with van der Waals surface area (Å²) in [5.74, 6) is 0.364. The number of rotatable bonds is 4. The minimum absolute atomic E-state index is 0.0242. The van der Waals surface area contributed by atoms with Gasteiger partial charge in [0.15, 0.2) is 0 Å². The predicted octanol–water partition coefficient (Wildman–Crippen LogP) is 3.24. The van der Waals surface area contributed by atoms with Gasteiger partial charge in [0.05, 0.1) is 5.56 Å². The van der Waals surface area contributed by atoms with Crippen LogP contribution in [0.15, 0.2) is 59.5 Å². The molecule has 0 unspecified atom stereocenters. The van der Waals surface area contributed by atoms with E-state index < -0.39 is 0 Å². The maximum atomic E-state index is 12.7. The zero-order valence-electron chi connectivity index (χ0n) is 13.5. The predicted molar refractivity (Wildman–Crippen MR) is 96.2 cm³/mol. The zero-order chi connectivity index (χ0) is 16.2. The SMILES string of the molecule is CSc1ccccc1C(=O)N[C@@H]1CN(C)C[C@H]1c1ccccc1. The summed E-state index contributed by atoms with van der Waals surface area (Å²) >= 11 is 1.61. The van der Waals surface area contributed by atoms with Crippen molar-refractivity contribution in [1.82, 2.24) is 10.2 Å². The van der Waals surface area contributed by atoms with Gasteiger partial charge in [0.1, 0.15) is 0 Å². The third-order valence-corrected chi connectivity index (χ3v) is 5.19. The van der Waals surface area contributed by atoms with E-state index in [9.17, 15) is 4.79 Å². The van der Waals surface area contributed by atoms with Crippen molar-refractivity contribution < 1.29 is 4.79 Å². The molecule has 1 saturated heterocycles. The highest BCUT2D eigenvalue weighted by molar-refractivity contribution is 7.98. The summed E-state index contributed by atoms with van der Waals surface area (Å²) < 4.78 is 0. The van der Waals surface area contributed by atoms with E-state index in [4.69, 9.17) is 0 Å². The lowest BCUT2D eigenvalue weighted by Gasteiger charge is -2.21. The van der Waals surface area contributed by atoms with E-state index in [1.165, 1.54) is 5.56 Å². The van der Waals surface area contributed by atoms with Crippen molar-refractivity contribution in [3.05, 3.63) is 65.7 Å². The fourth-order valence-corrected chi connectivity index (χ4v) is 3.86. The number of carbonyl (C=O) groups is 1. The van der Waals surface area contributed by atoms with Crippen LogP contribution >= 0.6 is 11.8 Å². The van der Waals surface area contributed by atoms with Crippen molar-refractivity contribution in [2.24, 2.45) is 0 Å². The normalized spacial score (nSPS) is 21.3. The Kier molecular flexibility index (Phi) is 5.03. The van der Waals surface area contributed by atoms with E-state index in [2.05, 4.69) is 41.5 Å². The molecule has 1 N–H and O–H groups in total. The lowest BCUT2D eigenvalue weighted by molar-refractivity contribution is 0.0932. The second kappa shape index (κ2) is 7.20. The third-order valence-electron chi connectivity index (χ3n) is 4.40. The van der Waals surface area contributed by atoms with Gasteiger partial charge in [0.25, 0.3) is 5.91 Å². The summed E-state index contributed by atoms with van der Waals surface area (Å²) in [6.07, 6.45) is 2.00. The first-order chi connectivity index (χ1) is 11.2. The number of likely N-dealkylation sites (tertiary alicyclic amines) is 1. The van der Waals surface area contributed by atoms with Crippen LogP contribution < -0.4 is 5.32 Å². The first-order valence-corrected chi connectivity index (χ1v) is 9.09. The molecule has 3 nitrogen and oxygen atoms in total. The highest BCUT2D eigenvalue weighted by atomic mass is 32.2. The number of thioether (sulfide) groups is 1. The van der Waals surface area contributed by atoms with Gasteiger partial charge < -0.3 is 10.2 Å². The van der Waals surface area contributed by atoms with Gasteiger partial charge in [-0.1, -0.05) is 42.5 Å². The number of likely N-dealkylation sites (N-methyl/N-ethyl adjacent to an activating group) is 1. The van der Waals surface area contributed by atoms with Gasteiger partial charge in [-0.15, -0.1) is 11.8 Å². The summed E-state index contributed by atoms with van der Waals surface area (Å²) in [6, 6.07) is 18.4. The Labute approximate surface area is 142 Å². The Bertz CT molecular complexity index is 674. The number of nitrogens with zero attached hydrogens (tertiary/aromatic N) is 1. The Balaban J connectivity index is 1.79. The maximum Gasteiger partial charge on any atom is 0.252 e. The van der Waals surface area contributed by atoms with Crippen LogP contribution in [0.4, 0.5) is 0 Å². The number of benzene rings is 2. The summed E-state index contributed by atoms with van der Waals surface area (Å²) in [7, 11) is 2.11. The third kappa shape index (κ3) is 3.59. The van der Waals surface area contributed by atoms with Gasteiger partial charge >= 0.3 is 0 Å². The topological polar surface area (TPSA) is 32.3 Å². The molecule has 120 valence electrons. The van der Waals surface area contributed by atoms with Gasteiger partial charge in [0, 0.05) is 29.9 Å². The molecule has 0 aliphatic carbocycles. The molecule has 1 fully saturated rings. The van der Waals surface area contributed by atoms with Crippen LogP contribution in [0.3, 0.4) is 0 Å². The van der Waals surface area contributed by atoms with Crippen molar-refractivity contribution in [2.75, 3.05) is 26.4 Å². The summed E-state index contributed by atoms with van der Waals surface area (Å²) in [5.41, 5.74) is 2.06. The van der Waals surface area contributed by atoms with E-state index in [0.717, 1.165) is 23.5 Å². The molecule has 1 heterocycles. The Morgan fingerprint density at radius 2 is 1.78 bits per heavy atom. The largest absolute Gasteiger partial charge is 0.347 e. The highest BCUT2D eigenvalue weighted by Gasteiger charge is 2.33. The quantitative estimate of drug-likeness (QED) is 0.876. The van der Waals surface area contributed by atoms with E-state index in [-0.39, 0.29) is 11.9 Å². The molecular weight excluding hydrogens is 304 g/mol. The average molecular weight is 326 g/mol. The number of carbonyl (C=O) groups excluding carboxylic acids is 1. The van der Waals surface area contributed by atoms with Crippen molar-refractivity contribution >= 4 is 17.7 Å². The van der Waals surface area contributed by atoms with Gasteiger partial charge in [0.2, 0.25) is 0 Å². The zero-order valence-corrected chi connectivity index (χ0v) is 14.3. The molecule has 1 aliphatic heterocycles. The van der Waals surface area contributed by atoms with Gasteiger partial charge in [-0.2, -0.15) is 0 Å². The summed E-state index contributed by atoms with van der Waals surface area (Å²) in [4.78, 5) is 16.0. The van der Waals surface area contributed by atoms with Crippen LogP contribution in [0.2, 0.25) is 0 Å². The van der Waals surface area contributed by atoms with E-state index in [0.29, 0.717) is 5.92 Å². The van der Waals surface area contributed by atoms with Crippen LogP contribution in [0, 0.1) is 0 Å². The molecule has 0 bridgehead atoms. The first kappa shape index (κ1) is 16.1. The number of hydrogen-bond donors (Lipinski definition) is 1. The number of amides is 1. The van der Waals surface area contributed by atoms with Crippen molar-refractivity contribution in [3.63, 3.8) is 0 Å². The van der Waals surface area contributed by atoms with Gasteiger partial charge in [-0.25, -0.2) is 0 Å². The summed E-state index contributed by atoms with van der Waals surface area (Å²) in [6.45, 7) is 1.85.